The lowest BCUT2D eigenvalue weighted by Crippen LogP contribution is -2.11. The topological polar surface area (TPSA) is 96.0 Å². The SMILES string of the molecule is O=[N+]([O-])c1cccc(OCCn2nnc(-c3ccccc3)n2)c1. The lowest BCUT2D eigenvalue weighted by molar-refractivity contribution is -0.384. The average molecular weight is 311 g/mol. The Morgan fingerprint density at radius 2 is 1.96 bits per heavy atom. The van der Waals surface area contributed by atoms with Gasteiger partial charge in [-0.1, -0.05) is 36.4 Å². The van der Waals surface area contributed by atoms with Gasteiger partial charge < -0.3 is 4.74 Å². The summed E-state index contributed by atoms with van der Waals surface area (Å²) in [5.74, 6) is 0.976. The number of rotatable bonds is 6. The van der Waals surface area contributed by atoms with Gasteiger partial charge in [0.25, 0.3) is 5.69 Å². The van der Waals surface area contributed by atoms with Gasteiger partial charge in [0.15, 0.2) is 0 Å². The van der Waals surface area contributed by atoms with Gasteiger partial charge in [0.1, 0.15) is 12.4 Å². The summed E-state index contributed by atoms with van der Waals surface area (Å²) in [7, 11) is 0. The molecule has 1 aromatic heterocycles. The molecule has 8 heteroatoms. The summed E-state index contributed by atoms with van der Waals surface area (Å²) in [5, 5.41) is 22.9. The first-order valence-electron chi connectivity index (χ1n) is 6.93. The van der Waals surface area contributed by atoms with Crippen molar-refractivity contribution in [2.24, 2.45) is 0 Å². The maximum absolute atomic E-state index is 10.7. The molecule has 0 bridgehead atoms. The summed E-state index contributed by atoms with van der Waals surface area (Å²) in [6.45, 7) is 0.675. The molecule has 23 heavy (non-hydrogen) atoms. The molecular formula is C15H13N5O3. The molecule has 0 unspecified atom stereocenters. The van der Waals surface area contributed by atoms with E-state index in [9.17, 15) is 10.1 Å². The van der Waals surface area contributed by atoms with E-state index in [2.05, 4.69) is 15.4 Å². The number of benzene rings is 2. The van der Waals surface area contributed by atoms with Crippen LogP contribution in [-0.4, -0.2) is 31.7 Å². The monoisotopic (exact) mass is 311 g/mol. The maximum atomic E-state index is 10.7. The second-order valence-corrected chi connectivity index (χ2v) is 4.68. The maximum Gasteiger partial charge on any atom is 0.273 e. The Morgan fingerprint density at radius 3 is 2.74 bits per heavy atom. The molecule has 2 aromatic carbocycles. The first-order chi connectivity index (χ1) is 11.2. The second-order valence-electron chi connectivity index (χ2n) is 4.68. The van der Waals surface area contributed by atoms with Crippen LogP contribution in [0.3, 0.4) is 0 Å². The molecule has 0 aliphatic carbocycles. The summed E-state index contributed by atoms with van der Waals surface area (Å²) < 4.78 is 5.48. The van der Waals surface area contributed by atoms with Gasteiger partial charge in [-0.3, -0.25) is 10.1 Å². The Kier molecular flexibility index (Phi) is 4.23. The van der Waals surface area contributed by atoms with Gasteiger partial charge in [-0.05, 0) is 11.3 Å². The van der Waals surface area contributed by atoms with Gasteiger partial charge in [0.2, 0.25) is 5.82 Å². The Balaban J connectivity index is 1.58. The van der Waals surface area contributed by atoms with Crippen molar-refractivity contribution in [1.29, 1.82) is 0 Å². The van der Waals surface area contributed by atoms with Gasteiger partial charge in [-0.2, -0.15) is 4.80 Å². The second kappa shape index (κ2) is 6.65. The van der Waals surface area contributed by atoms with Crippen LogP contribution in [0.25, 0.3) is 11.4 Å². The third-order valence-electron chi connectivity index (χ3n) is 3.07. The molecule has 0 amide bonds. The summed E-state index contributed by atoms with van der Waals surface area (Å²) in [6, 6.07) is 15.6. The molecule has 0 aliphatic heterocycles. The Hall–Kier alpha value is -3.29. The third kappa shape index (κ3) is 3.67. The highest BCUT2D eigenvalue weighted by Gasteiger charge is 2.07. The van der Waals surface area contributed by atoms with Crippen molar-refractivity contribution in [3.63, 3.8) is 0 Å². The quantitative estimate of drug-likeness (QED) is 0.512. The molecule has 0 saturated heterocycles. The van der Waals surface area contributed by atoms with E-state index in [1.807, 2.05) is 30.3 Å². The molecule has 0 spiro atoms. The van der Waals surface area contributed by atoms with Crippen molar-refractivity contribution in [3.05, 3.63) is 64.7 Å². The molecule has 0 aliphatic rings. The molecule has 0 N–H and O–H groups in total. The minimum absolute atomic E-state index is 0.00672. The van der Waals surface area contributed by atoms with E-state index in [0.717, 1.165) is 5.56 Å². The van der Waals surface area contributed by atoms with Crippen LogP contribution in [0.5, 0.6) is 5.75 Å². The molecule has 1 heterocycles. The van der Waals surface area contributed by atoms with Gasteiger partial charge in [-0.25, -0.2) is 0 Å². The lowest BCUT2D eigenvalue weighted by atomic mass is 10.2. The standard InChI is InChI=1S/C15H13N5O3/c21-20(22)13-7-4-8-14(11-13)23-10-9-19-17-15(16-18-19)12-5-2-1-3-6-12/h1-8,11H,9-10H2. The number of nitro benzene ring substituents is 1. The summed E-state index contributed by atoms with van der Waals surface area (Å²) in [4.78, 5) is 11.7. The first-order valence-corrected chi connectivity index (χ1v) is 6.93. The van der Waals surface area contributed by atoms with Crippen molar-refractivity contribution in [3.8, 4) is 17.1 Å². The predicted molar refractivity (Wildman–Crippen MR) is 81.8 cm³/mol. The highest BCUT2D eigenvalue weighted by atomic mass is 16.6. The molecule has 8 nitrogen and oxygen atoms in total. The van der Waals surface area contributed by atoms with Crippen LogP contribution in [0.4, 0.5) is 5.69 Å². The fourth-order valence-corrected chi connectivity index (χ4v) is 1.97. The Morgan fingerprint density at radius 1 is 1.13 bits per heavy atom. The van der Waals surface area contributed by atoms with Crippen LogP contribution in [0, 0.1) is 10.1 Å². The fourth-order valence-electron chi connectivity index (χ4n) is 1.97. The van der Waals surface area contributed by atoms with E-state index >= 15 is 0 Å². The van der Waals surface area contributed by atoms with Crippen molar-refractivity contribution < 1.29 is 9.66 Å². The fraction of sp³-hybridized carbons (Fsp3) is 0.133. The van der Waals surface area contributed by atoms with Crippen molar-refractivity contribution in [2.75, 3.05) is 6.61 Å². The summed E-state index contributed by atoms with van der Waals surface area (Å²) >= 11 is 0. The number of non-ortho nitro benzene ring substituents is 1. The van der Waals surface area contributed by atoms with Crippen molar-refractivity contribution in [2.45, 2.75) is 6.54 Å². The van der Waals surface area contributed by atoms with Gasteiger partial charge in [0, 0.05) is 11.6 Å². The van der Waals surface area contributed by atoms with E-state index in [-0.39, 0.29) is 12.3 Å². The number of nitrogens with zero attached hydrogens (tertiary/aromatic N) is 5. The molecule has 3 rings (SSSR count). The van der Waals surface area contributed by atoms with E-state index < -0.39 is 4.92 Å². The smallest absolute Gasteiger partial charge is 0.273 e. The molecule has 0 atom stereocenters. The van der Waals surface area contributed by atoms with Crippen LogP contribution in [0.15, 0.2) is 54.6 Å². The van der Waals surface area contributed by atoms with E-state index in [4.69, 9.17) is 4.74 Å². The Labute approximate surface area is 131 Å². The van der Waals surface area contributed by atoms with Gasteiger partial charge in [-0.15, -0.1) is 10.2 Å². The molecule has 0 radical (unpaired) electrons. The molecule has 3 aromatic rings. The minimum atomic E-state index is -0.460. The zero-order chi connectivity index (χ0) is 16.1. The number of aromatic nitrogens is 4. The van der Waals surface area contributed by atoms with Crippen LogP contribution in [-0.2, 0) is 6.54 Å². The number of hydrogen-bond acceptors (Lipinski definition) is 6. The van der Waals surface area contributed by atoms with Crippen LogP contribution in [0.2, 0.25) is 0 Å². The van der Waals surface area contributed by atoms with Crippen LogP contribution in [0.1, 0.15) is 0 Å². The zero-order valence-electron chi connectivity index (χ0n) is 12.1. The van der Waals surface area contributed by atoms with Gasteiger partial charge in [0.05, 0.1) is 17.5 Å². The average Bonchev–Trinajstić information content (AvgIpc) is 3.05. The number of tetrazole rings is 1. The molecule has 116 valence electrons. The normalized spacial score (nSPS) is 10.4. The highest BCUT2D eigenvalue weighted by Crippen LogP contribution is 2.19. The summed E-state index contributed by atoms with van der Waals surface area (Å²) in [5.41, 5.74) is 0.881. The zero-order valence-corrected chi connectivity index (χ0v) is 12.1. The van der Waals surface area contributed by atoms with Crippen LogP contribution < -0.4 is 4.74 Å². The predicted octanol–water partition coefficient (Wildman–Crippen LogP) is 2.33. The summed E-state index contributed by atoms with van der Waals surface area (Å²) in [6.07, 6.45) is 0. The van der Waals surface area contributed by atoms with Crippen molar-refractivity contribution in [1.82, 2.24) is 20.2 Å². The molecule has 0 saturated carbocycles. The Bertz CT molecular complexity index is 804. The lowest BCUT2D eigenvalue weighted by Gasteiger charge is -2.04. The highest BCUT2D eigenvalue weighted by molar-refractivity contribution is 5.52. The van der Waals surface area contributed by atoms with E-state index in [0.29, 0.717) is 18.1 Å². The third-order valence-corrected chi connectivity index (χ3v) is 3.07. The first kappa shape index (κ1) is 14.6. The number of nitro groups is 1. The van der Waals surface area contributed by atoms with Crippen LogP contribution >= 0.6 is 0 Å². The van der Waals surface area contributed by atoms with E-state index in [1.165, 1.54) is 16.9 Å². The number of hydrogen-bond donors (Lipinski definition) is 0. The largest absolute Gasteiger partial charge is 0.491 e. The van der Waals surface area contributed by atoms with E-state index in [1.54, 1.807) is 12.1 Å². The molecule has 0 fully saturated rings. The number of ether oxygens (including phenoxy) is 1. The van der Waals surface area contributed by atoms with Crippen molar-refractivity contribution >= 4 is 5.69 Å². The molecular weight excluding hydrogens is 298 g/mol. The minimum Gasteiger partial charge on any atom is -0.491 e. The van der Waals surface area contributed by atoms with Gasteiger partial charge >= 0.3 is 0 Å².